The van der Waals surface area contributed by atoms with Crippen LogP contribution in [0.15, 0.2) is 47.4 Å². The van der Waals surface area contributed by atoms with Crippen molar-refractivity contribution in [1.29, 1.82) is 0 Å². The Hall–Kier alpha value is -2.00. The summed E-state index contributed by atoms with van der Waals surface area (Å²) in [5, 5.41) is 0.677. The van der Waals surface area contributed by atoms with Crippen molar-refractivity contribution in [1.82, 2.24) is 11.1 Å². The molecule has 8 heteroatoms. The van der Waals surface area contributed by atoms with Gasteiger partial charge in [0.05, 0.1) is 15.9 Å². The van der Waals surface area contributed by atoms with E-state index in [1.165, 1.54) is 23.5 Å². The highest BCUT2D eigenvalue weighted by Gasteiger charge is 2.16. The van der Waals surface area contributed by atoms with Gasteiger partial charge in [-0.3, -0.25) is 4.55 Å². The SMILES string of the molecule is N.Nc1ccc(-c2nc3ccccc3s2)cc1S(=O)(=O)O. The molecule has 6 nitrogen and oxygen atoms in total. The van der Waals surface area contributed by atoms with E-state index in [0.717, 1.165) is 10.2 Å². The normalized spacial score (nSPS) is 11.3. The lowest BCUT2D eigenvalue weighted by Crippen LogP contribution is -2.03. The predicted octanol–water partition coefficient (Wildman–Crippen LogP) is 2.95. The van der Waals surface area contributed by atoms with Crippen molar-refractivity contribution in [3.63, 3.8) is 0 Å². The topological polar surface area (TPSA) is 128 Å². The predicted molar refractivity (Wildman–Crippen MR) is 84.3 cm³/mol. The highest BCUT2D eigenvalue weighted by Crippen LogP contribution is 2.32. The summed E-state index contributed by atoms with van der Waals surface area (Å²) in [6, 6.07) is 12.1. The van der Waals surface area contributed by atoms with Crippen molar-refractivity contribution in [3.8, 4) is 10.6 Å². The molecule has 1 heterocycles. The van der Waals surface area contributed by atoms with Crippen LogP contribution in [-0.2, 0) is 10.1 Å². The largest absolute Gasteiger partial charge is 0.398 e. The number of rotatable bonds is 2. The monoisotopic (exact) mass is 323 g/mol. The number of hydrogen-bond donors (Lipinski definition) is 3. The first-order valence-corrected chi connectivity index (χ1v) is 7.94. The fourth-order valence-corrected chi connectivity index (χ4v) is 3.49. The number of fused-ring (bicyclic) bond motifs is 1. The molecular weight excluding hydrogens is 310 g/mol. The van der Waals surface area contributed by atoms with Gasteiger partial charge in [0.15, 0.2) is 0 Å². The molecule has 0 aliphatic rings. The Bertz CT molecular complexity index is 871. The molecule has 0 bridgehead atoms. The molecule has 0 aliphatic carbocycles. The molecule has 0 unspecified atom stereocenters. The Morgan fingerprint density at radius 2 is 1.86 bits per heavy atom. The zero-order valence-electron chi connectivity index (χ0n) is 10.9. The summed E-state index contributed by atoms with van der Waals surface area (Å²) in [7, 11) is -4.34. The highest BCUT2D eigenvalue weighted by atomic mass is 32.2. The Balaban J connectivity index is 0.00000161. The standard InChI is InChI=1S/C13H10N2O3S2.H3N/c14-9-6-5-8(7-12(9)20(16,17)18)13-15-10-3-1-2-4-11(10)19-13;/h1-7H,14H2,(H,16,17,18);1H3. The number of nitrogen functional groups attached to an aromatic ring is 1. The van der Waals surface area contributed by atoms with Gasteiger partial charge in [-0.05, 0) is 30.3 Å². The molecule has 0 fully saturated rings. The van der Waals surface area contributed by atoms with Gasteiger partial charge in [-0.2, -0.15) is 8.42 Å². The Labute approximate surface area is 125 Å². The minimum atomic E-state index is -4.34. The highest BCUT2D eigenvalue weighted by molar-refractivity contribution is 7.86. The van der Waals surface area contributed by atoms with Crippen molar-refractivity contribution in [2.45, 2.75) is 4.90 Å². The number of para-hydroxylation sites is 1. The van der Waals surface area contributed by atoms with Crippen molar-refractivity contribution < 1.29 is 13.0 Å². The molecule has 0 radical (unpaired) electrons. The number of aromatic nitrogens is 1. The smallest absolute Gasteiger partial charge is 0.296 e. The summed E-state index contributed by atoms with van der Waals surface area (Å²) >= 11 is 1.45. The quantitative estimate of drug-likeness (QED) is 0.491. The van der Waals surface area contributed by atoms with Crippen LogP contribution >= 0.6 is 11.3 Å². The molecule has 3 aromatic rings. The maximum absolute atomic E-state index is 11.3. The van der Waals surface area contributed by atoms with Crippen LogP contribution in [0.1, 0.15) is 0 Å². The van der Waals surface area contributed by atoms with Gasteiger partial charge < -0.3 is 11.9 Å². The first-order chi connectivity index (χ1) is 9.45. The number of hydrogen-bond acceptors (Lipinski definition) is 6. The van der Waals surface area contributed by atoms with Crippen LogP contribution in [0.3, 0.4) is 0 Å². The summed E-state index contributed by atoms with van der Waals surface area (Å²) in [5.41, 5.74) is 7.03. The van der Waals surface area contributed by atoms with Crippen molar-refractivity contribution in [2.75, 3.05) is 5.73 Å². The van der Waals surface area contributed by atoms with Crippen LogP contribution < -0.4 is 11.9 Å². The molecule has 110 valence electrons. The third-order valence-electron chi connectivity index (χ3n) is 2.83. The number of nitrogens with zero attached hydrogens (tertiary/aromatic N) is 1. The van der Waals surface area contributed by atoms with Gasteiger partial charge in [0, 0.05) is 5.56 Å². The summed E-state index contributed by atoms with van der Waals surface area (Å²) in [6.45, 7) is 0. The molecule has 0 amide bonds. The summed E-state index contributed by atoms with van der Waals surface area (Å²) in [5.74, 6) is 0. The molecule has 1 aromatic heterocycles. The van der Waals surface area contributed by atoms with Crippen molar-refractivity contribution in [3.05, 3.63) is 42.5 Å². The maximum atomic E-state index is 11.3. The van der Waals surface area contributed by atoms with E-state index in [1.54, 1.807) is 6.07 Å². The van der Waals surface area contributed by atoms with E-state index in [-0.39, 0.29) is 16.7 Å². The summed E-state index contributed by atoms with van der Waals surface area (Å²) < 4.78 is 32.7. The van der Waals surface area contributed by atoms with E-state index < -0.39 is 10.1 Å². The molecule has 0 saturated heterocycles. The third-order valence-corrected chi connectivity index (χ3v) is 4.83. The van der Waals surface area contributed by atoms with Gasteiger partial charge in [-0.15, -0.1) is 11.3 Å². The van der Waals surface area contributed by atoms with E-state index in [9.17, 15) is 8.42 Å². The second kappa shape index (κ2) is 5.41. The molecule has 21 heavy (non-hydrogen) atoms. The lowest BCUT2D eigenvalue weighted by Gasteiger charge is -2.04. The third kappa shape index (κ3) is 2.88. The first-order valence-electron chi connectivity index (χ1n) is 5.68. The summed E-state index contributed by atoms with van der Waals surface area (Å²) in [4.78, 5) is 4.14. The minimum absolute atomic E-state index is 0. The van der Waals surface area contributed by atoms with E-state index in [2.05, 4.69) is 4.98 Å². The number of nitrogens with two attached hydrogens (primary N) is 1. The molecule has 0 aliphatic heterocycles. The van der Waals surface area contributed by atoms with Crippen LogP contribution in [0.25, 0.3) is 20.8 Å². The van der Waals surface area contributed by atoms with Crippen molar-refractivity contribution >= 4 is 37.4 Å². The number of benzene rings is 2. The molecule has 6 N–H and O–H groups in total. The lowest BCUT2D eigenvalue weighted by molar-refractivity contribution is 0.483. The second-order valence-corrected chi connectivity index (χ2v) is 6.64. The zero-order chi connectivity index (χ0) is 14.3. The first kappa shape index (κ1) is 15.4. The Morgan fingerprint density at radius 1 is 1.14 bits per heavy atom. The van der Waals surface area contributed by atoms with Crippen LogP contribution in [-0.4, -0.2) is 18.0 Å². The average molecular weight is 323 g/mol. The molecular formula is C13H13N3O3S2. The van der Waals surface area contributed by atoms with E-state index in [0.29, 0.717) is 10.6 Å². The van der Waals surface area contributed by atoms with Gasteiger partial charge in [-0.25, -0.2) is 4.98 Å². The van der Waals surface area contributed by atoms with Gasteiger partial charge in [0.2, 0.25) is 0 Å². The molecule has 0 spiro atoms. The van der Waals surface area contributed by atoms with E-state index >= 15 is 0 Å². The van der Waals surface area contributed by atoms with E-state index in [1.807, 2.05) is 24.3 Å². The van der Waals surface area contributed by atoms with Crippen molar-refractivity contribution in [2.24, 2.45) is 0 Å². The second-order valence-electron chi connectivity index (χ2n) is 4.21. The Kier molecular flexibility index (Phi) is 3.97. The Morgan fingerprint density at radius 3 is 2.52 bits per heavy atom. The maximum Gasteiger partial charge on any atom is 0.296 e. The minimum Gasteiger partial charge on any atom is -0.398 e. The number of anilines is 1. The number of thiazole rings is 1. The van der Waals surface area contributed by atoms with Crippen LogP contribution in [0.2, 0.25) is 0 Å². The molecule has 0 saturated carbocycles. The van der Waals surface area contributed by atoms with Gasteiger partial charge >= 0.3 is 0 Å². The average Bonchev–Trinajstić information content (AvgIpc) is 2.81. The van der Waals surface area contributed by atoms with Gasteiger partial charge in [0.25, 0.3) is 10.1 Å². The van der Waals surface area contributed by atoms with Gasteiger partial charge in [-0.1, -0.05) is 12.1 Å². The lowest BCUT2D eigenvalue weighted by atomic mass is 10.2. The summed E-state index contributed by atoms with van der Waals surface area (Å²) in [6.07, 6.45) is 0. The van der Waals surface area contributed by atoms with Crippen LogP contribution in [0.5, 0.6) is 0 Å². The van der Waals surface area contributed by atoms with E-state index in [4.69, 9.17) is 10.3 Å². The fraction of sp³-hybridized carbons (Fsp3) is 0. The molecule has 2 aromatic carbocycles. The van der Waals surface area contributed by atoms with Gasteiger partial charge in [0.1, 0.15) is 9.90 Å². The zero-order valence-corrected chi connectivity index (χ0v) is 12.5. The van der Waals surface area contributed by atoms with Crippen LogP contribution in [0, 0.1) is 0 Å². The molecule has 3 rings (SSSR count). The molecule has 0 atom stereocenters. The fourth-order valence-electron chi connectivity index (χ4n) is 1.89. The van der Waals surface area contributed by atoms with Crippen LogP contribution in [0.4, 0.5) is 5.69 Å².